The second-order valence-corrected chi connectivity index (χ2v) is 5.90. The topological polar surface area (TPSA) is 49.5 Å². The van der Waals surface area contributed by atoms with Crippen LogP contribution in [0.4, 0.5) is 0 Å². The Morgan fingerprint density at radius 3 is 2.31 bits per heavy atom. The zero-order chi connectivity index (χ0) is 11.6. The van der Waals surface area contributed by atoms with Gasteiger partial charge in [-0.05, 0) is 51.5 Å². The highest BCUT2D eigenvalue weighted by atomic mass is 16.3. The lowest BCUT2D eigenvalue weighted by atomic mass is 9.80. The van der Waals surface area contributed by atoms with Gasteiger partial charge < -0.3 is 15.7 Å². The molecular weight excluding hydrogens is 200 g/mol. The molecule has 0 amide bonds. The first kappa shape index (κ1) is 12.3. The highest BCUT2D eigenvalue weighted by Gasteiger charge is 2.34. The first-order chi connectivity index (χ1) is 7.63. The van der Waals surface area contributed by atoms with E-state index >= 15 is 0 Å². The summed E-state index contributed by atoms with van der Waals surface area (Å²) >= 11 is 0. The van der Waals surface area contributed by atoms with Crippen LogP contribution in [0.1, 0.15) is 44.9 Å². The van der Waals surface area contributed by atoms with Gasteiger partial charge in [-0.25, -0.2) is 0 Å². The maximum Gasteiger partial charge on any atom is 0.0770 e. The number of nitrogens with zero attached hydrogens (tertiary/aromatic N) is 1. The molecule has 0 bridgehead atoms. The fourth-order valence-corrected chi connectivity index (χ4v) is 3.02. The summed E-state index contributed by atoms with van der Waals surface area (Å²) in [5.74, 6) is 0.945. The lowest BCUT2D eigenvalue weighted by molar-refractivity contribution is -0.0126. The molecular formula is C13H26N2O. The Hall–Kier alpha value is -0.120. The molecule has 2 aliphatic rings. The Kier molecular flexibility index (Phi) is 3.88. The first-order valence-corrected chi connectivity index (χ1v) is 6.76. The van der Waals surface area contributed by atoms with Gasteiger partial charge in [-0.15, -0.1) is 0 Å². The largest absolute Gasteiger partial charge is 0.389 e. The van der Waals surface area contributed by atoms with Crippen LogP contribution in [-0.4, -0.2) is 41.8 Å². The molecule has 2 saturated carbocycles. The lowest BCUT2D eigenvalue weighted by Crippen LogP contribution is -2.47. The molecule has 3 heteroatoms. The van der Waals surface area contributed by atoms with Crippen molar-refractivity contribution in [2.75, 3.05) is 20.1 Å². The number of nitrogens with two attached hydrogens (primary N) is 1. The second kappa shape index (κ2) is 5.03. The van der Waals surface area contributed by atoms with Crippen LogP contribution in [0.25, 0.3) is 0 Å². The highest BCUT2D eigenvalue weighted by molar-refractivity contribution is 4.89. The van der Waals surface area contributed by atoms with E-state index in [9.17, 15) is 5.11 Å². The highest BCUT2D eigenvalue weighted by Crippen LogP contribution is 2.32. The second-order valence-electron chi connectivity index (χ2n) is 5.90. The van der Waals surface area contributed by atoms with Gasteiger partial charge in [0, 0.05) is 19.1 Å². The van der Waals surface area contributed by atoms with E-state index in [1.54, 1.807) is 0 Å². The Bertz CT molecular complexity index is 220. The third kappa shape index (κ3) is 2.76. The molecule has 0 aromatic heterocycles. The number of rotatable bonds is 4. The molecule has 0 saturated heterocycles. The Balaban J connectivity index is 1.74. The average Bonchev–Trinajstić information content (AvgIpc) is 2.24. The van der Waals surface area contributed by atoms with Gasteiger partial charge in [-0.2, -0.15) is 0 Å². The molecule has 0 aliphatic heterocycles. The van der Waals surface area contributed by atoms with E-state index in [0.29, 0.717) is 12.6 Å². The number of aliphatic hydroxyl groups is 1. The molecule has 2 aliphatic carbocycles. The van der Waals surface area contributed by atoms with Crippen LogP contribution in [0.5, 0.6) is 0 Å². The minimum Gasteiger partial charge on any atom is -0.389 e. The smallest absolute Gasteiger partial charge is 0.0770 e. The van der Waals surface area contributed by atoms with Crippen LogP contribution < -0.4 is 5.73 Å². The number of hydrogen-bond acceptors (Lipinski definition) is 3. The van der Waals surface area contributed by atoms with E-state index in [4.69, 9.17) is 5.73 Å². The summed E-state index contributed by atoms with van der Waals surface area (Å²) < 4.78 is 0. The van der Waals surface area contributed by atoms with Crippen molar-refractivity contribution in [1.29, 1.82) is 0 Å². The monoisotopic (exact) mass is 226 g/mol. The van der Waals surface area contributed by atoms with E-state index in [0.717, 1.165) is 31.6 Å². The zero-order valence-corrected chi connectivity index (χ0v) is 10.5. The molecule has 0 radical (unpaired) electrons. The Labute approximate surface area is 99.0 Å². The van der Waals surface area contributed by atoms with Gasteiger partial charge >= 0.3 is 0 Å². The normalized spacial score (nSPS) is 36.4. The Morgan fingerprint density at radius 2 is 1.88 bits per heavy atom. The lowest BCUT2D eigenvalue weighted by Gasteiger charge is -2.41. The summed E-state index contributed by atoms with van der Waals surface area (Å²) in [4.78, 5) is 2.51. The molecule has 0 spiro atoms. The van der Waals surface area contributed by atoms with E-state index in [1.807, 2.05) is 0 Å². The molecule has 2 rings (SSSR count). The Morgan fingerprint density at radius 1 is 1.25 bits per heavy atom. The van der Waals surface area contributed by atoms with Gasteiger partial charge in [0.1, 0.15) is 0 Å². The minimum absolute atomic E-state index is 0.423. The zero-order valence-electron chi connectivity index (χ0n) is 10.5. The van der Waals surface area contributed by atoms with E-state index in [-0.39, 0.29) is 0 Å². The third-order valence-electron chi connectivity index (χ3n) is 4.66. The fraction of sp³-hybridized carbons (Fsp3) is 1.00. The number of hydrogen-bond donors (Lipinski definition) is 2. The van der Waals surface area contributed by atoms with Crippen molar-refractivity contribution >= 4 is 0 Å². The summed E-state index contributed by atoms with van der Waals surface area (Å²) in [6.07, 6.45) is 8.24. The van der Waals surface area contributed by atoms with Gasteiger partial charge in [0.2, 0.25) is 0 Å². The van der Waals surface area contributed by atoms with Gasteiger partial charge in [0.25, 0.3) is 0 Å². The molecule has 2 fully saturated rings. The maximum atomic E-state index is 10.1. The van der Waals surface area contributed by atoms with E-state index in [2.05, 4.69) is 11.9 Å². The van der Waals surface area contributed by atoms with Crippen LogP contribution in [0.2, 0.25) is 0 Å². The molecule has 0 aromatic carbocycles. The van der Waals surface area contributed by atoms with Gasteiger partial charge in [0.15, 0.2) is 0 Å². The van der Waals surface area contributed by atoms with Gasteiger partial charge in [0.05, 0.1) is 5.60 Å². The SMILES string of the molecule is CN(CC1CCC1)C1CCC(O)(CN)CC1. The first-order valence-electron chi connectivity index (χ1n) is 6.76. The van der Waals surface area contributed by atoms with Gasteiger partial charge in [-0.1, -0.05) is 6.42 Å². The molecule has 0 heterocycles. The van der Waals surface area contributed by atoms with E-state index < -0.39 is 5.60 Å². The quantitative estimate of drug-likeness (QED) is 0.761. The van der Waals surface area contributed by atoms with E-state index in [1.165, 1.54) is 25.8 Å². The van der Waals surface area contributed by atoms with Crippen molar-refractivity contribution in [3.8, 4) is 0 Å². The van der Waals surface area contributed by atoms with Crippen LogP contribution in [0.15, 0.2) is 0 Å². The molecule has 3 N–H and O–H groups in total. The molecule has 0 aromatic rings. The predicted octanol–water partition coefficient (Wildman–Crippen LogP) is 1.35. The van der Waals surface area contributed by atoms with Crippen LogP contribution >= 0.6 is 0 Å². The summed E-state index contributed by atoms with van der Waals surface area (Å²) in [5.41, 5.74) is 5.05. The fourth-order valence-electron chi connectivity index (χ4n) is 3.02. The standard InChI is InChI=1S/C13H26N2O/c1-15(9-11-3-2-4-11)12-5-7-13(16,10-14)8-6-12/h11-12,16H,2-10,14H2,1H3. The average molecular weight is 226 g/mol. The molecule has 0 atom stereocenters. The molecule has 16 heavy (non-hydrogen) atoms. The van der Waals surface area contributed by atoms with Crippen molar-refractivity contribution in [3.05, 3.63) is 0 Å². The van der Waals surface area contributed by atoms with Crippen molar-refractivity contribution < 1.29 is 5.11 Å². The van der Waals surface area contributed by atoms with Crippen LogP contribution in [0, 0.1) is 5.92 Å². The molecule has 94 valence electrons. The summed E-state index contributed by atoms with van der Waals surface area (Å²) in [6, 6.07) is 0.674. The van der Waals surface area contributed by atoms with Crippen LogP contribution in [0.3, 0.4) is 0 Å². The molecule has 3 nitrogen and oxygen atoms in total. The summed E-state index contributed by atoms with van der Waals surface area (Å²) in [6.45, 7) is 1.68. The molecule has 0 unspecified atom stereocenters. The van der Waals surface area contributed by atoms with Gasteiger partial charge in [-0.3, -0.25) is 0 Å². The predicted molar refractivity (Wildman–Crippen MR) is 66.2 cm³/mol. The van der Waals surface area contributed by atoms with Crippen LogP contribution in [-0.2, 0) is 0 Å². The van der Waals surface area contributed by atoms with Crippen molar-refractivity contribution in [3.63, 3.8) is 0 Å². The minimum atomic E-state index is -0.562. The van der Waals surface area contributed by atoms with Crippen molar-refractivity contribution in [2.45, 2.75) is 56.6 Å². The van der Waals surface area contributed by atoms with Crippen molar-refractivity contribution in [1.82, 2.24) is 4.90 Å². The summed E-state index contributed by atoms with van der Waals surface area (Å²) in [7, 11) is 2.25. The third-order valence-corrected chi connectivity index (χ3v) is 4.66. The maximum absolute atomic E-state index is 10.1. The summed E-state index contributed by atoms with van der Waals surface area (Å²) in [5, 5.41) is 10.1. The van der Waals surface area contributed by atoms with Crippen molar-refractivity contribution in [2.24, 2.45) is 11.7 Å².